The van der Waals surface area contributed by atoms with E-state index >= 15 is 0 Å². The number of piperidine rings is 1. The van der Waals surface area contributed by atoms with Gasteiger partial charge in [-0.15, -0.1) is 0 Å². The lowest BCUT2D eigenvalue weighted by Crippen LogP contribution is -2.42. The molecule has 3 N–H and O–H groups in total. The average molecular weight is 254 g/mol. The van der Waals surface area contributed by atoms with E-state index in [2.05, 4.69) is 5.32 Å². The fraction of sp³-hybridized carbons (Fsp3) is 0.500. The molecule has 2 atom stereocenters. The Hall–Kier alpha value is -0.910. The molecule has 0 radical (unpaired) electrons. The Morgan fingerprint density at radius 3 is 2.41 bits per heavy atom. The van der Waals surface area contributed by atoms with Crippen molar-refractivity contribution < 1.29 is 8.42 Å². The summed E-state index contributed by atoms with van der Waals surface area (Å²) in [6.45, 7) is 0. The molecule has 0 amide bonds. The lowest BCUT2D eigenvalue weighted by Gasteiger charge is -2.28. The lowest BCUT2D eigenvalue weighted by atomic mass is 9.96. The molecular formula is C12H18N2O2S. The molecule has 4 nitrogen and oxygen atoms in total. The highest BCUT2D eigenvalue weighted by Crippen LogP contribution is 2.25. The van der Waals surface area contributed by atoms with Crippen LogP contribution in [0.3, 0.4) is 0 Å². The van der Waals surface area contributed by atoms with Crippen LogP contribution in [-0.4, -0.2) is 20.8 Å². The summed E-state index contributed by atoms with van der Waals surface area (Å²) < 4.78 is 22.7. The van der Waals surface area contributed by atoms with E-state index in [0.29, 0.717) is 4.90 Å². The molecule has 2 unspecified atom stereocenters. The average Bonchev–Trinajstić information content (AvgIpc) is 2.28. The number of rotatable bonds is 2. The first kappa shape index (κ1) is 12.5. The van der Waals surface area contributed by atoms with Crippen molar-refractivity contribution in [2.75, 3.05) is 6.26 Å². The van der Waals surface area contributed by atoms with Gasteiger partial charge in [-0.2, -0.15) is 0 Å². The molecule has 0 aromatic heterocycles. The summed E-state index contributed by atoms with van der Waals surface area (Å²) in [5.41, 5.74) is 6.96. The van der Waals surface area contributed by atoms with Gasteiger partial charge in [0.05, 0.1) is 11.1 Å². The Kier molecular flexibility index (Phi) is 3.51. The smallest absolute Gasteiger partial charge is 0.175 e. The third-order valence-corrected chi connectivity index (χ3v) is 4.26. The molecule has 94 valence electrons. The van der Waals surface area contributed by atoms with E-state index in [-0.39, 0.29) is 12.2 Å². The first-order chi connectivity index (χ1) is 7.97. The van der Waals surface area contributed by atoms with Gasteiger partial charge in [-0.05, 0) is 37.0 Å². The van der Waals surface area contributed by atoms with Gasteiger partial charge in [-0.3, -0.25) is 5.32 Å². The zero-order valence-corrected chi connectivity index (χ0v) is 10.7. The summed E-state index contributed by atoms with van der Waals surface area (Å²) in [5, 5.41) is 3.32. The Bertz CT molecular complexity index is 482. The number of hydrogen-bond acceptors (Lipinski definition) is 4. The number of benzene rings is 1. The van der Waals surface area contributed by atoms with Gasteiger partial charge in [-0.1, -0.05) is 12.1 Å². The molecule has 1 heterocycles. The van der Waals surface area contributed by atoms with Crippen LogP contribution in [0.15, 0.2) is 29.2 Å². The van der Waals surface area contributed by atoms with E-state index in [1.807, 2.05) is 12.1 Å². The fourth-order valence-electron chi connectivity index (χ4n) is 2.18. The summed E-state index contributed by atoms with van der Waals surface area (Å²) in [5.74, 6) is 0. The van der Waals surface area contributed by atoms with Crippen LogP contribution in [0, 0.1) is 0 Å². The van der Waals surface area contributed by atoms with Gasteiger partial charge in [0.1, 0.15) is 0 Å². The second-order valence-corrected chi connectivity index (χ2v) is 6.61. The highest BCUT2D eigenvalue weighted by atomic mass is 32.2. The topological polar surface area (TPSA) is 72.2 Å². The normalized spacial score (nSPS) is 25.8. The Balaban J connectivity index is 2.18. The van der Waals surface area contributed by atoms with Crippen molar-refractivity contribution in [1.82, 2.24) is 5.32 Å². The van der Waals surface area contributed by atoms with Crippen LogP contribution in [0.1, 0.15) is 30.9 Å². The molecule has 1 aromatic rings. The molecule has 1 aliphatic heterocycles. The maximum absolute atomic E-state index is 11.3. The first-order valence-corrected chi connectivity index (χ1v) is 7.67. The van der Waals surface area contributed by atoms with Gasteiger partial charge in [0, 0.05) is 12.3 Å². The van der Waals surface area contributed by atoms with E-state index in [1.54, 1.807) is 12.1 Å². The van der Waals surface area contributed by atoms with E-state index in [4.69, 9.17) is 5.73 Å². The van der Waals surface area contributed by atoms with E-state index in [9.17, 15) is 8.42 Å². The maximum Gasteiger partial charge on any atom is 0.175 e. The molecule has 5 heteroatoms. The van der Waals surface area contributed by atoms with Gasteiger partial charge < -0.3 is 5.73 Å². The fourth-order valence-corrected chi connectivity index (χ4v) is 2.81. The molecule has 1 aliphatic rings. The van der Waals surface area contributed by atoms with Crippen molar-refractivity contribution in [2.24, 2.45) is 5.73 Å². The minimum absolute atomic E-state index is 0.0448. The summed E-state index contributed by atoms with van der Waals surface area (Å²) in [4.78, 5) is 0.362. The number of nitrogens with two attached hydrogens (primary N) is 1. The quantitative estimate of drug-likeness (QED) is 0.831. The second kappa shape index (κ2) is 4.76. The number of nitrogens with one attached hydrogen (secondary N) is 1. The third-order valence-electron chi connectivity index (χ3n) is 3.13. The van der Waals surface area contributed by atoms with Crippen molar-refractivity contribution in [3.05, 3.63) is 29.8 Å². The monoisotopic (exact) mass is 254 g/mol. The minimum Gasteiger partial charge on any atom is -0.316 e. The van der Waals surface area contributed by atoms with Crippen LogP contribution >= 0.6 is 0 Å². The highest BCUT2D eigenvalue weighted by molar-refractivity contribution is 7.90. The summed E-state index contributed by atoms with van der Waals surface area (Å²) in [6, 6.07) is 7.30. The molecular weight excluding hydrogens is 236 g/mol. The summed E-state index contributed by atoms with van der Waals surface area (Å²) >= 11 is 0. The first-order valence-electron chi connectivity index (χ1n) is 5.78. The predicted octanol–water partition coefficient (Wildman–Crippen LogP) is 1.19. The summed E-state index contributed by atoms with van der Waals surface area (Å²) in [6.07, 6.45) is 4.41. The Morgan fingerprint density at radius 2 is 1.88 bits per heavy atom. The summed E-state index contributed by atoms with van der Waals surface area (Å²) in [7, 11) is -3.11. The lowest BCUT2D eigenvalue weighted by molar-refractivity contribution is 0.331. The molecule has 0 aliphatic carbocycles. The zero-order valence-electron chi connectivity index (χ0n) is 9.89. The second-order valence-electron chi connectivity index (χ2n) is 4.60. The van der Waals surface area contributed by atoms with Gasteiger partial charge in [0.15, 0.2) is 9.84 Å². The van der Waals surface area contributed by atoms with Crippen LogP contribution in [0.4, 0.5) is 0 Å². The molecule has 0 saturated carbocycles. The van der Waals surface area contributed by atoms with Crippen LogP contribution < -0.4 is 11.1 Å². The Morgan fingerprint density at radius 1 is 1.24 bits per heavy atom. The molecule has 17 heavy (non-hydrogen) atoms. The van der Waals surface area contributed by atoms with E-state index in [1.165, 1.54) is 6.26 Å². The number of sulfone groups is 1. The van der Waals surface area contributed by atoms with E-state index in [0.717, 1.165) is 24.8 Å². The van der Waals surface area contributed by atoms with Gasteiger partial charge in [-0.25, -0.2) is 8.42 Å². The standard InChI is InChI=1S/C12H18N2O2S/c1-17(15,16)10-7-5-9(6-8-10)11-3-2-4-12(13)14-11/h5-8,11-12,14H,2-4,13H2,1H3. The molecule has 0 spiro atoms. The van der Waals surface area contributed by atoms with Crippen molar-refractivity contribution in [3.63, 3.8) is 0 Å². The molecule has 0 bridgehead atoms. The van der Waals surface area contributed by atoms with Crippen LogP contribution in [0.5, 0.6) is 0 Å². The minimum atomic E-state index is -3.11. The van der Waals surface area contributed by atoms with Crippen LogP contribution in [0.25, 0.3) is 0 Å². The van der Waals surface area contributed by atoms with Crippen LogP contribution in [-0.2, 0) is 9.84 Å². The zero-order chi connectivity index (χ0) is 12.5. The van der Waals surface area contributed by atoms with Crippen molar-refractivity contribution >= 4 is 9.84 Å². The molecule has 1 saturated heterocycles. The highest BCUT2D eigenvalue weighted by Gasteiger charge is 2.19. The Labute approximate surface area is 102 Å². The van der Waals surface area contributed by atoms with Crippen LogP contribution in [0.2, 0.25) is 0 Å². The number of hydrogen-bond donors (Lipinski definition) is 2. The molecule has 1 fully saturated rings. The van der Waals surface area contributed by atoms with E-state index < -0.39 is 9.84 Å². The van der Waals surface area contributed by atoms with Gasteiger partial charge in [0.25, 0.3) is 0 Å². The van der Waals surface area contributed by atoms with Crippen molar-refractivity contribution in [3.8, 4) is 0 Å². The third kappa shape index (κ3) is 3.06. The van der Waals surface area contributed by atoms with Crippen molar-refractivity contribution in [2.45, 2.75) is 36.4 Å². The molecule has 2 rings (SSSR count). The predicted molar refractivity (Wildman–Crippen MR) is 67.3 cm³/mol. The maximum atomic E-state index is 11.3. The van der Waals surface area contributed by atoms with Gasteiger partial charge in [0.2, 0.25) is 0 Å². The van der Waals surface area contributed by atoms with Crippen molar-refractivity contribution in [1.29, 1.82) is 0 Å². The SMILES string of the molecule is CS(=O)(=O)c1ccc(C2CCCC(N)N2)cc1. The largest absolute Gasteiger partial charge is 0.316 e. The molecule has 1 aromatic carbocycles. The van der Waals surface area contributed by atoms with Gasteiger partial charge >= 0.3 is 0 Å².